The highest BCUT2D eigenvalue weighted by molar-refractivity contribution is 5.48. The maximum absolute atomic E-state index is 12.9. The summed E-state index contributed by atoms with van der Waals surface area (Å²) in [5.74, 6) is -3.18. The summed E-state index contributed by atoms with van der Waals surface area (Å²) < 4.78 is 49.9. The van der Waals surface area contributed by atoms with E-state index in [1.54, 1.807) is 7.05 Å². The van der Waals surface area contributed by atoms with E-state index in [1.165, 1.54) is 6.07 Å². The molecule has 0 aliphatic carbocycles. The molecule has 114 valence electrons. The maximum atomic E-state index is 12.9. The van der Waals surface area contributed by atoms with Crippen LogP contribution in [0.3, 0.4) is 0 Å². The fourth-order valence-corrected chi connectivity index (χ4v) is 1.29. The Kier molecular flexibility index (Phi) is 4.77. The van der Waals surface area contributed by atoms with E-state index in [0.29, 0.717) is 11.6 Å². The molecule has 0 saturated heterocycles. The van der Waals surface area contributed by atoms with E-state index in [1.807, 2.05) is 20.8 Å². The molecular formula is C12H18F4N4. The molecule has 0 atom stereocenters. The Hall–Kier alpha value is -1.60. The van der Waals surface area contributed by atoms with Gasteiger partial charge in [0.05, 0.1) is 6.54 Å². The van der Waals surface area contributed by atoms with Crippen LogP contribution >= 0.6 is 0 Å². The molecule has 20 heavy (non-hydrogen) atoms. The van der Waals surface area contributed by atoms with Crippen LogP contribution in [0.15, 0.2) is 6.07 Å². The van der Waals surface area contributed by atoms with Crippen LogP contribution in [0.5, 0.6) is 0 Å². The number of aromatic nitrogens is 2. The van der Waals surface area contributed by atoms with Crippen molar-refractivity contribution < 1.29 is 17.6 Å². The number of alkyl halides is 4. The van der Waals surface area contributed by atoms with Crippen molar-refractivity contribution >= 4 is 11.6 Å². The molecule has 8 heteroatoms. The van der Waals surface area contributed by atoms with E-state index in [9.17, 15) is 17.6 Å². The molecule has 1 heterocycles. The van der Waals surface area contributed by atoms with Gasteiger partial charge in [-0.05, 0) is 0 Å². The van der Waals surface area contributed by atoms with E-state index in [2.05, 4.69) is 20.6 Å². The summed E-state index contributed by atoms with van der Waals surface area (Å²) in [5, 5.41) is 5.01. The molecule has 1 aromatic heterocycles. The predicted octanol–water partition coefficient (Wildman–Crippen LogP) is 3.13. The van der Waals surface area contributed by atoms with Crippen molar-refractivity contribution in [2.24, 2.45) is 0 Å². The zero-order valence-corrected chi connectivity index (χ0v) is 11.8. The van der Waals surface area contributed by atoms with Gasteiger partial charge in [0.2, 0.25) is 0 Å². The molecule has 1 rings (SSSR count). The van der Waals surface area contributed by atoms with Crippen molar-refractivity contribution in [2.45, 2.75) is 38.5 Å². The lowest BCUT2D eigenvalue weighted by Gasteiger charge is -2.20. The Morgan fingerprint density at radius 3 is 2.15 bits per heavy atom. The third-order valence-electron chi connectivity index (χ3n) is 2.48. The first-order valence-corrected chi connectivity index (χ1v) is 6.03. The number of hydrogen-bond donors (Lipinski definition) is 2. The van der Waals surface area contributed by atoms with E-state index in [4.69, 9.17) is 0 Å². The number of hydrogen-bond acceptors (Lipinski definition) is 4. The van der Waals surface area contributed by atoms with Crippen LogP contribution in [0, 0.1) is 0 Å². The molecule has 0 saturated carbocycles. The number of rotatable bonds is 5. The highest BCUT2D eigenvalue weighted by Crippen LogP contribution is 2.25. The molecule has 0 aromatic carbocycles. The van der Waals surface area contributed by atoms with Crippen molar-refractivity contribution in [3.63, 3.8) is 0 Å². The minimum atomic E-state index is -4.10. The quantitative estimate of drug-likeness (QED) is 0.819. The molecular weight excluding hydrogens is 276 g/mol. The summed E-state index contributed by atoms with van der Waals surface area (Å²) in [6.07, 6.45) is -3.72. The Labute approximate surface area is 115 Å². The van der Waals surface area contributed by atoms with Gasteiger partial charge in [-0.1, -0.05) is 20.8 Å². The van der Waals surface area contributed by atoms with Gasteiger partial charge in [-0.2, -0.15) is 8.78 Å². The second-order valence-electron chi connectivity index (χ2n) is 5.38. The first kappa shape index (κ1) is 16.5. The number of nitrogens with zero attached hydrogens (tertiary/aromatic N) is 2. The molecule has 0 amide bonds. The average molecular weight is 294 g/mol. The number of anilines is 2. The molecule has 4 nitrogen and oxygen atoms in total. The van der Waals surface area contributed by atoms with E-state index < -0.39 is 24.3 Å². The molecule has 1 aromatic rings. The smallest absolute Gasteiger partial charge is 0.324 e. The lowest BCUT2D eigenvalue weighted by molar-refractivity contribution is -0.117. The van der Waals surface area contributed by atoms with Gasteiger partial charge in [-0.15, -0.1) is 0 Å². The zero-order chi connectivity index (χ0) is 15.6. The SMILES string of the molecule is CNc1cc(NCC(F)(F)C(F)F)nc(C(C)(C)C)n1. The number of halogens is 4. The highest BCUT2D eigenvalue weighted by Gasteiger charge is 2.40. The van der Waals surface area contributed by atoms with Gasteiger partial charge in [0, 0.05) is 18.5 Å². The van der Waals surface area contributed by atoms with Crippen LogP contribution in [0.1, 0.15) is 26.6 Å². The van der Waals surface area contributed by atoms with Gasteiger partial charge < -0.3 is 10.6 Å². The summed E-state index contributed by atoms with van der Waals surface area (Å²) in [6, 6.07) is 1.39. The summed E-state index contributed by atoms with van der Waals surface area (Å²) in [6.45, 7) is 4.40. The Balaban J connectivity index is 2.96. The molecule has 0 spiro atoms. The molecule has 0 bridgehead atoms. The topological polar surface area (TPSA) is 49.8 Å². The summed E-state index contributed by atoms with van der Waals surface area (Å²) >= 11 is 0. The lowest BCUT2D eigenvalue weighted by atomic mass is 9.96. The minimum absolute atomic E-state index is 0.0783. The summed E-state index contributed by atoms with van der Waals surface area (Å²) in [5.41, 5.74) is -0.394. The largest absolute Gasteiger partial charge is 0.373 e. The molecule has 0 aliphatic heterocycles. The lowest BCUT2D eigenvalue weighted by Crippen LogP contribution is -2.35. The van der Waals surface area contributed by atoms with Crippen LogP contribution in [0.25, 0.3) is 0 Å². The highest BCUT2D eigenvalue weighted by atomic mass is 19.3. The molecule has 0 fully saturated rings. The zero-order valence-electron chi connectivity index (χ0n) is 11.8. The first-order valence-electron chi connectivity index (χ1n) is 6.03. The Morgan fingerprint density at radius 2 is 1.70 bits per heavy atom. The van der Waals surface area contributed by atoms with Gasteiger partial charge in [-0.3, -0.25) is 0 Å². The van der Waals surface area contributed by atoms with Crippen LogP contribution in [0.4, 0.5) is 29.2 Å². The summed E-state index contributed by atoms with van der Waals surface area (Å²) in [4.78, 5) is 8.28. The van der Waals surface area contributed by atoms with Crippen LogP contribution in [0.2, 0.25) is 0 Å². The fourth-order valence-electron chi connectivity index (χ4n) is 1.29. The second kappa shape index (κ2) is 5.80. The average Bonchev–Trinajstić information content (AvgIpc) is 2.34. The van der Waals surface area contributed by atoms with E-state index in [0.717, 1.165) is 0 Å². The number of nitrogens with one attached hydrogen (secondary N) is 2. The Bertz CT molecular complexity index is 457. The van der Waals surface area contributed by atoms with Gasteiger partial charge in [0.15, 0.2) is 0 Å². The van der Waals surface area contributed by atoms with Gasteiger partial charge in [0.25, 0.3) is 0 Å². The van der Waals surface area contributed by atoms with E-state index in [-0.39, 0.29) is 5.82 Å². The first-order chi connectivity index (χ1) is 9.06. The predicted molar refractivity (Wildman–Crippen MR) is 69.7 cm³/mol. The van der Waals surface area contributed by atoms with Crippen molar-refractivity contribution in [3.8, 4) is 0 Å². The van der Waals surface area contributed by atoms with Crippen molar-refractivity contribution in [2.75, 3.05) is 24.2 Å². The van der Waals surface area contributed by atoms with Crippen molar-refractivity contribution in [1.29, 1.82) is 0 Å². The molecule has 0 radical (unpaired) electrons. The Morgan fingerprint density at radius 1 is 1.15 bits per heavy atom. The minimum Gasteiger partial charge on any atom is -0.373 e. The molecule has 0 unspecified atom stereocenters. The second-order valence-corrected chi connectivity index (χ2v) is 5.38. The van der Waals surface area contributed by atoms with Gasteiger partial charge in [0.1, 0.15) is 17.5 Å². The van der Waals surface area contributed by atoms with Crippen molar-refractivity contribution in [3.05, 3.63) is 11.9 Å². The normalized spacial score (nSPS) is 12.7. The third-order valence-corrected chi connectivity index (χ3v) is 2.48. The van der Waals surface area contributed by atoms with Gasteiger partial charge in [-0.25, -0.2) is 18.7 Å². The van der Waals surface area contributed by atoms with Crippen LogP contribution < -0.4 is 10.6 Å². The molecule has 2 N–H and O–H groups in total. The monoisotopic (exact) mass is 294 g/mol. The van der Waals surface area contributed by atoms with Gasteiger partial charge >= 0.3 is 12.3 Å². The maximum Gasteiger partial charge on any atom is 0.324 e. The standard InChI is InChI=1S/C12H18F4N4/c1-11(2,3)10-19-7(17-4)5-8(20-10)18-6-12(15,16)9(13)14/h5,9H,6H2,1-4H3,(H2,17,18,19,20). The van der Waals surface area contributed by atoms with Crippen LogP contribution in [-0.2, 0) is 5.41 Å². The summed E-state index contributed by atoms with van der Waals surface area (Å²) in [7, 11) is 1.62. The third kappa shape index (κ3) is 4.21. The van der Waals surface area contributed by atoms with Crippen LogP contribution in [-0.4, -0.2) is 35.9 Å². The molecule has 0 aliphatic rings. The van der Waals surface area contributed by atoms with Crippen molar-refractivity contribution in [1.82, 2.24) is 9.97 Å². The van der Waals surface area contributed by atoms with E-state index >= 15 is 0 Å². The fraction of sp³-hybridized carbons (Fsp3) is 0.667.